The Hall–Kier alpha value is -3.03. The van der Waals surface area contributed by atoms with Gasteiger partial charge in [0.25, 0.3) is 0 Å². The lowest BCUT2D eigenvalue weighted by molar-refractivity contribution is -0.122. The van der Waals surface area contributed by atoms with Crippen LogP contribution in [0, 0.1) is 0 Å². The van der Waals surface area contributed by atoms with Crippen molar-refractivity contribution in [2.75, 3.05) is 0 Å². The number of fused-ring (bicyclic) bond motifs is 1. The third-order valence-electron chi connectivity index (χ3n) is 4.25. The fourth-order valence-electron chi connectivity index (χ4n) is 2.97. The Bertz CT molecular complexity index is 857. The quantitative estimate of drug-likeness (QED) is 0.755. The van der Waals surface area contributed by atoms with Gasteiger partial charge in [-0.2, -0.15) is 4.98 Å². The topological polar surface area (TPSA) is 98.7 Å². The molecule has 0 bridgehead atoms. The van der Waals surface area contributed by atoms with Crippen molar-refractivity contribution in [2.24, 2.45) is 0 Å². The van der Waals surface area contributed by atoms with Crippen LogP contribution in [0.15, 0.2) is 41.4 Å². The summed E-state index contributed by atoms with van der Waals surface area (Å²) in [4.78, 5) is 24.8. The van der Waals surface area contributed by atoms with Crippen LogP contribution in [0.1, 0.15) is 24.6 Å². The molecule has 1 amide bonds. The molecule has 4 heterocycles. The van der Waals surface area contributed by atoms with Crippen LogP contribution in [0.5, 0.6) is 0 Å². The number of aryl methyl sites for hydroxylation is 2. The molecule has 8 nitrogen and oxygen atoms in total. The van der Waals surface area contributed by atoms with Gasteiger partial charge in [0.05, 0.1) is 0 Å². The first-order valence-electron chi connectivity index (χ1n) is 8.30. The smallest absolute Gasteiger partial charge is 0.227 e. The van der Waals surface area contributed by atoms with Crippen molar-refractivity contribution < 1.29 is 9.32 Å². The Morgan fingerprint density at radius 1 is 1.40 bits per heavy atom. The summed E-state index contributed by atoms with van der Waals surface area (Å²) in [7, 11) is 0. The van der Waals surface area contributed by atoms with E-state index in [0.29, 0.717) is 24.6 Å². The summed E-state index contributed by atoms with van der Waals surface area (Å²) in [6.07, 6.45) is 9.65. The third-order valence-corrected chi connectivity index (χ3v) is 4.25. The Morgan fingerprint density at radius 3 is 3.24 bits per heavy atom. The minimum Gasteiger partial charge on any atom is -0.352 e. The maximum absolute atomic E-state index is 12.2. The number of carbonyl (C=O) groups is 1. The molecule has 8 heteroatoms. The molecule has 25 heavy (non-hydrogen) atoms. The van der Waals surface area contributed by atoms with Crippen molar-refractivity contribution >= 4 is 5.91 Å². The average Bonchev–Trinajstić information content (AvgIpc) is 3.30. The van der Waals surface area contributed by atoms with Gasteiger partial charge in [0.2, 0.25) is 17.6 Å². The number of pyridine rings is 1. The fraction of sp³-hybridized carbons (Fsp3) is 0.353. The highest BCUT2D eigenvalue weighted by Gasteiger charge is 2.20. The van der Waals surface area contributed by atoms with Gasteiger partial charge in [-0.15, -0.1) is 0 Å². The molecular weight excluding hydrogens is 320 g/mol. The van der Waals surface area contributed by atoms with Gasteiger partial charge < -0.3 is 14.4 Å². The highest BCUT2D eigenvalue weighted by Crippen LogP contribution is 2.15. The maximum Gasteiger partial charge on any atom is 0.227 e. The lowest BCUT2D eigenvalue weighted by Gasteiger charge is -2.24. The van der Waals surface area contributed by atoms with E-state index in [9.17, 15) is 4.79 Å². The van der Waals surface area contributed by atoms with Gasteiger partial charge >= 0.3 is 0 Å². The van der Waals surface area contributed by atoms with Crippen molar-refractivity contribution in [2.45, 2.75) is 38.3 Å². The molecular formula is C17H18N6O2. The molecule has 0 saturated heterocycles. The SMILES string of the molecule is O=C(CCc1nc(-c2cccnc2)no1)N[C@@H]1CCc2nccn2C1. The molecule has 3 aromatic heterocycles. The summed E-state index contributed by atoms with van der Waals surface area (Å²) in [6, 6.07) is 3.82. The van der Waals surface area contributed by atoms with E-state index < -0.39 is 0 Å². The maximum atomic E-state index is 12.2. The summed E-state index contributed by atoms with van der Waals surface area (Å²) in [6.45, 7) is 0.771. The van der Waals surface area contributed by atoms with E-state index in [1.807, 2.05) is 18.3 Å². The summed E-state index contributed by atoms with van der Waals surface area (Å²) < 4.78 is 7.30. The second-order valence-corrected chi connectivity index (χ2v) is 6.05. The standard InChI is InChI=1S/C17H18N6O2/c24-15(20-13-3-4-14-19-8-9-23(14)11-13)5-6-16-21-17(22-25-16)12-2-1-7-18-10-12/h1-2,7-10,13H,3-6,11H2,(H,20,24)/t13-/m1/s1. The highest BCUT2D eigenvalue weighted by atomic mass is 16.5. The zero-order valence-electron chi connectivity index (χ0n) is 13.6. The summed E-state index contributed by atoms with van der Waals surface area (Å²) in [5.41, 5.74) is 0.792. The third kappa shape index (κ3) is 3.57. The van der Waals surface area contributed by atoms with Crippen molar-refractivity contribution in [1.82, 2.24) is 30.0 Å². The van der Waals surface area contributed by atoms with Crippen LogP contribution in [0.25, 0.3) is 11.4 Å². The van der Waals surface area contributed by atoms with Crippen LogP contribution >= 0.6 is 0 Å². The van der Waals surface area contributed by atoms with Crippen LogP contribution in [0.2, 0.25) is 0 Å². The van der Waals surface area contributed by atoms with Crippen molar-refractivity contribution in [3.05, 3.63) is 48.6 Å². The zero-order valence-corrected chi connectivity index (χ0v) is 13.6. The minimum absolute atomic E-state index is 0.00491. The van der Waals surface area contributed by atoms with Gasteiger partial charge in [0, 0.05) is 62.2 Å². The Labute approximate surface area is 144 Å². The second-order valence-electron chi connectivity index (χ2n) is 6.05. The van der Waals surface area contributed by atoms with E-state index in [1.54, 1.807) is 18.6 Å². The van der Waals surface area contributed by atoms with E-state index in [1.165, 1.54) is 0 Å². The summed E-state index contributed by atoms with van der Waals surface area (Å²) in [5.74, 6) is 2.02. The molecule has 0 spiro atoms. The van der Waals surface area contributed by atoms with Gasteiger partial charge in [-0.05, 0) is 18.6 Å². The van der Waals surface area contributed by atoms with Crippen LogP contribution in [-0.2, 0) is 24.2 Å². The lowest BCUT2D eigenvalue weighted by atomic mass is 10.1. The van der Waals surface area contributed by atoms with Crippen molar-refractivity contribution in [3.8, 4) is 11.4 Å². The first-order chi connectivity index (χ1) is 12.3. The molecule has 128 valence electrons. The van der Waals surface area contributed by atoms with Crippen LogP contribution < -0.4 is 5.32 Å². The predicted octanol–water partition coefficient (Wildman–Crippen LogP) is 1.39. The summed E-state index contributed by atoms with van der Waals surface area (Å²) in [5, 5.41) is 7.00. The molecule has 0 aromatic carbocycles. The Kier molecular flexibility index (Phi) is 4.24. The first kappa shape index (κ1) is 15.5. The molecule has 0 unspecified atom stereocenters. The van der Waals surface area contributed by atoms with Gasteiger partial charge in [0.15, 0.2) is 0 Å². The van der Waals surface area contributed by atoms with Gasteiger partial charge in [-0.1, -0.05) is 5.16 Å². The number of nitrogens with zero attached hydrogens (tertiary/aromatic N) is 5. The lowest BCUT2D eigenvalue weighted by Crippen LogP contribution is -2.41. The monoisotopic (exact) mass is 338 g/mol. The second kappa shape index (κ2) is 6.84. The normalized spacial score (nSPS) is 16.4. The van der Waals surface area contributed by atoms with Gasteiger partial charge in [-0.3, -0.25) is 9.78 Å². The first-order valence-corrected chi connectivity index (χ1v) is 8.30. The van der Waals surface area contributed by atoms with E-state index in [0.717, 1.165) is 30.8 Å². The van der Waals surface area contributed by atoms with Gasteiger partial charge in [-0.25, -0.2) is 4.98 Å². The molecule has 3 aromatic rings. The van der Waals surface area contributed by atoms with Gasteiger partial charge in [0.1, 0.15) is 5.82 Å². The number of amides is 1. The number of rotatable bonds is 5. The van der Waals surface area contributed by atoms with E-state index in [-0.39, 0.29) is 11.9 Å². The number of nitrogens with one attached hydrogen (secondary N) is 1. The number of aromatic nitrogens is 5. The molecule has 0 aliphatic carbocycles. The number of hydrogen-bond acceptors (Lipinski definition) is 6. The van der Waals surface area contributed by atoms with E-state index in [2.05, 4.69) is 30.0 Å². The van der Waals surface area contributed by atoms with Crippen LogP contribution in [0.4, 0.5) is 0 Å². The molecule has 0 fully saturated rings. The minimum atomic E-state index is -0.00491. The molecule has 0 radical (unpaired) electrons. The van der Waals surface area contributed by atoms with E-state index >= 15 is 0 Å². The molecule has 0 saturated carbocycles. The Morgan fingerprint density at radius 2 is 2.36 bits per heavy atom. The van der Waals surface area contributed by atoms with E-state index in [4.69, 9.17) is 4.52 Å². The largest absolute Gasteiger partial charge is 0.352 e. The number of imidazole rings is 1. The molecule has 1 aliphatic heterocycles. The van der Waals surface area contributed by atoms with Crippen LogP contribution in [-0.4, -0.2) is 36.6 Å². The molecule has 1 atom stereocenters. The summed E-state index contributed by atoms with van der Waals surface area (Å²) >= 11 is 0. The van der Waals surface area contributed by atoms with Crippen molar-refractivity contribution in [1.29, 1.82) is 0 Å². The zero-order chi connectivity index (χ0) is 17.1. The fourth-order valence-corrected chi connectivity index (χ4v) is 2.97. The number of hydrogen-bond donors (Lipinski definition) is 1. The number of carbonyl (C=O) groups excluding carboxylic acids is 1. The molecule has 1 N–H and O–H groups in total. The van der Waals surface area contributed by atoms with Crippen molar-refractivity contribution in [3.63, 3.8) is 0 Å². The highest BCUT2D eigenvalue weighted by molar-refractivity contribution is 5.76. The average molecular weight is 338 g/mol. The molecule has 4 rings (SSSR count). The predicted molar refractivity (Wildman–Crippen MR) is 88.3 cm³/mol. The molecule has 1 aliphatic rings. The van der Waals surface area contributed by atoms with Crippen LogP contribution in [0.3, 0.4) is 0 Å². The Balaban J connectivity index is 1.29.